The lowest BCUT2D eigenvalue weighted by molar-refractivity contribution is 0.217. The van der Waals surface area contributed by atoms with E-state index in [1.54, 1.807) is 0 Å². The number of benzene rings is 1. The van der Waals surface area contributed by atoms with E-state index in [2.05, 4.69) is 17.5 Å². The smallest absolute Gasteiger partial charge is 0.332 e. The highest BCUT2D eigenvalue weighted by Crippen LogP contribution is 2.14. The number of nitrogens with two attached hydrogens (primary N) is 1. The van der Waals surface area contributed by atoms with Crippen LogP contribution in [0.3, 0.4) is 0 Å². The summed E-state index contributed by atoms with van der Waals surface area (Å²) in [6, 6.07) is 6.76. The SMILES string of the molecule is CCC(C)Oc1cccc(C=NNC(N)=O)c1. The van der Waals surface area contributed by atoms with Gasteiger partial charge in [-0.15, -0.1) is 0 Å². The van der Waals surface area contributed by atoms with Gasteiger partial charge in [-0.05, 0) is 31.0 Å². The van der Waals surface area contributed by atoms with Gasteiger partial charge in [0.05, 0.1) is 12.3 Å². The molecule has 3 N–H and O–H groups in total. The first-order valence-corrected chi connectivity index (χ1v) is 5.47. The summed E-state index contributed by atoms with van der Waals surface area (Å²) in [5, 5.41) is 3.68. The molecular weight excluding hydrogens is 218 g/mol. The topological polar surface area (TPSA) is 76.7 Å². The Labute approximate surface area is 101 Å². The summed E-state index contributed by atoms with van der Waals surface area (Å²) in [6.45, 7) is 4.07. The van der Waals surface area contributed by atoms with E-state index in [1.165, 1.54) is 6.21 Å². The summed E-state index contributed by atoms with van der Waals surface area (Å²) >= 11 is 0. The molecule has 0 radical (unpaired) electrons. The molecule has 5 nitrogen and oxygen atoms in total. The zero-order valence-electron chi connectivity index (χ0n) is 10.0. The van der Waals surface area contributed by atoms with Gasteiger partial charge in [0.25, 0.3) is 0 Å². The molecule has 1 atom stereocenters. The molecule has 0 fully saturated rings. The highest BCUT2D eigenvalue weighted by Gasteiger charge is 2.00. The number of ether oxygens (including phenoxy) is 1. The first-order valence-electron chi connectivity index (χ1n) is 5.47. The summed E-state index contributed by atoms with van der Waals surface area (Å²) in [5.41, 5.74) is 7.85. The van der Waals surface area contributed by atoms with E-state index in [-0.39, 0.29) is 6.10 Å². The average molecular weight is 235 g/mol. The minimum Gasteiger partial charge on any atom is -0.491 e. The van der Waals surface area contributed by atoms with Gasteiger partial charge in [0, 0.05) is 0 Å². The van der Waals surface area contributed by atoms with Crippen LogP contribution in [0, 0.1) is 0 Å². The number of amides is 2. The quantitative estimate of drug-likeness (QED) is 0.603. The molecule has 0 aliphatic carbocycles. The fourth-order valence-electron chi connectivity index (χ4n) is 1.15. The molecular formula is C12H17N3O2. The standard InChI is InChI=1S/C12H17N3O2/c1-3-9(2)17-11-6-4-5-10(7-11)8-14-15-12(13)16/h4-9H,3H2,1-2H3,(H3,13,15,16). The van der Waals surface area contributed by atoms with Crippen molar-refractivity contribution < 1.29 is 9.53 Å². The van der Waals surface area contributed by atoms with Gasteiger partial charge in [-0.2, -0.15) is 5.10 Å². The summed E-state index contributed by atoms with van der Waals surface area (Å²) in [5.74, 6) is 0.780. The maximum absolute atomic E-state index is 10.4. The van der Waals surface area contributed by atoms with E-state index in [1.807, 2.05) is 31.2 Å². The van der Waals surface area contributed by atoms with Crippen LogP contribution in [-0.2, 0) is 0 Å². The predicted molar refractivity (Wildman–Crippen MR) is 67.1 cm³/mol. The number of carbonyl (C=O) groups is 1. The van der Waals surface area contributed by atoms with Gasteiger partial charge in [-0.3, -0.25) is 0 Å². The average Bonchev–Trinajstić information content (AvgIpc) is 2.29. The summed E-state index contributed by atoms with van der Waals surface area (Å²) in [6.07, 6.45) is 2.63. The van der Waals surface area contributed by atoms with E-state index in [9.17, 15) is 4.79 Å². The van der Waals surface area contributed by atoms with Gasteiger partial charge >= 0.3 is 6.03 Å². The van der Waals surface area contributed by atoms with Crippen molar-refractivity contribution in [3.63, 3.8) is 0 Å². The van der Waals surface area contributed by atoms with Crippen molar-refractivity contribution in [3.8, 4) is 5.75 Å². The number of hydrogen-bond acceptors (Lipinski definition) is 3. The van der Waals surface area contributed by atoms with Crippen molar-refractivity contribution in [3.05, 3.63) is 29.8 Å². The number of nitrogens with one attached hydrogen (secondary N) is 1. The first kappa shape index (κ1) is 13.0. The molecule has 1 rings (SSSR count). The molecule has 92 valence electrons. The van der Waals surface area contributed by atoms with Gasteiger partial charge < -0.3 is 10.5 Å². The lowest BCUT2D eigenvalue weighted by atomic mass is 10.2. The second kappa shape index (κ2) is 6.52. The van der Waals surface area contributed by atoms with Gasteiger partial charge in [-0.1, -0.05) is 19.1 Å². The Morgan fingerprint density at radius 3 is 3.06 bits per heavy atom. The van der Waals surface area contributed by atoms with Crippen LogP contribution in [0.5, 0.6) is 5.75 Å². The van der Waals surface area contributed by atoms with Crippen LogP contribution >= 0.6 is 0 Å². The Bertz CT molecular complexity index is 404. The molecule has 1 aromatic rings. The Morgan fingerprint density at radius 2 is 2.41 bits per heavy atom. The number of hydrazone groups is 1. The van der Waals surface area contributed by atoms with Crippen molar-refractivity contribution in [1.29, 1.82) is 0 Å². The van der Waals surface area contributed by atoms with Crippen LogP contribution in [0.4, 0.5) is 4.79 Å². The summed E-state index contributed by atoms with van der Waals surface area (Å²) < 4.78 is 5.66. The van der Waals surface area contributed by atoms with Crippen LogP contribution in [-0.4, -0.2) is 18.3 Å². The van der Waals surface area contributed by atoms with E-state index in [0.29, 0.717) is 0 Å². The molecule has 0 bridgehead atoms. The van der Waals surface area contributed by atoms with Crippen LogP contribution in [0.2, 0.25) is 0 Å². The molecule has 0 aliphatic rings. The lowest BCUT2D eigenvalue weighted by Gasteiger charge is -2.12. The number of hydrogen-bond donors (Lipinski definition) is 2. The van der Waals surface area contributed by atoms with Crippen LogP contribution in [0.15, 0.2) is 29.4 Å². The van der Waals surface area contributed by atoms with Crippen LogP contribution < -0.4 is 15.9 Å². The third-order valence-corrected chi connectivity index (χ3v) is 2.16. The van der Waals surface area contributed by atoms with Crippen molar-refractivity contribution >= 4 is 12.2 Å². The van der Waals surface area contributed by atoms with E-state index >= 15 is 0 Å². The first-order chi connectivity index (χ1) is 8.11. The third-order valence-electron chi connectivity index (χ3n) is 2.16. The molecule has 17 heavy (non-hydrogen) atoms. The normalized spacial score (nSPS) is 12.4. The molecule has 1 unspecified atom stereocenters. The Kier molecular flexibility index (Phi) is 5.00. The van der Waals surface area contributed by atoms with Crippen molar-refractivity contribution in [2.24, 2.45) is 10.8 Å². The number of urea groups is 1. The van der Waals surface area contributed by atoms with Crippen molar-refractivity contribution in [1.82, 2.24) is 5.43 Å². The third kappa shape index (κ3) is 5.01. The molecule has 5 heteroatoms. The minimum atomic E-state index is -0.687. The van der Waals surface area contributed by atoms with Gasteiger partial charge in [0.1, 0.15) is 5.75 Å². The Hall–Kier alpha value is -2.04. The number of primary amides is 1. The van der Waals surface area contributed by atoms with Gasteiger partial charge in [0.2, 0.25) is 0 Å². The Morgan fingerprint density at radius 1 is 1.65 bits per heavy atom. The van der Waals surface area contributed by atoms with Crippen molar-refractivity contribution in [2.45, 2.75) is 26.4 Å². The van der Waals surface area contributed by atoms with E-state index in [4.69, 9.17) is 10.5 Å². The van der Waals surface area contributed by atoms with Crippen molar-refractivity contribution in [2.75, 3.05) is 0 Å². The van der Waals surface area contributed by atoms with Gasteiger partial charge in [0.15, 0.2) is 0 Å². The summed E-state index contributed by atoms with van der Waals surface area (Å²) in [7, 11) is 0. The number of carbonyl (C=O) groups excluding carboxylic acids is 1. The predicted octanol–water partition coefficient (Wildman–Crippen LogP) is 1.87. The molecule has 0 heterocycles. The second-order valence-corrected chi connectivity index (χ2v) is 3.64. The largest absolute Gasteiger partial charge is 0.491 e. The molecule has 0 saturated heterocycles. The lowest BCUT2D eigenvalue weighted by Crippen LogP contribution is -2.24. The minimum absolute atomic E-state index is 0.172. The Balaban J connectivity index is 2.65. The molecule has 0 aliphatic heterocycles. The second-order valence-electron chi connectivity index (χ2n) is 3.64. The maximum atomic E-state index is 10.4. The fourth-order valence-corrected chi connectivity index (χ4v) is 1.15. The van der Waals surface area contributed by atoms with Crippen LogP contribution in [0.1, 0.15) is 25.8 Å². The monoisotopic (exact) mass is 235 g/mol. The van der Waals surface area contributed by atoms with Gasteiger partial charge in [-0.25, -0.2) is 10.2 Å². The summed E-state index contributed by atoms with van der Waals surface area (Å²) in [4.78, 5) is 10.4. The molecule has 0 spiro atoms. The van der Waals surface area contributed by atoms with E-state index < -0.39 is 6.03 Å². The van der Waals surface area contributed by atoms with E-state index in [0.717, 1.165) is 17.7 Å². The fraction of sp³-hybridized carbons (Fsp3) is 0.333. The number of nitrogens with zero attached hydrogens (tertiary/aromatic N) is 1. The highest BCUT2D eigenvalue weighted by molar-refractivity contribution is 5.81. The molecule has 2 amide bonds. The molecule has 1 aromatic carbocycles. The zero-order valence-corrected chi connectivity index (χ0v) is 10.0. The highest BCUT2D eigenvalue weighted by atomic mass is 16.5. The maximum Gasteiger partial charge on any atom is 0.332 e. The zero-order chi connectivity index (χ0) is 12.7. The molecule has 0 aromatic heterocycles. The van der Waals surface area contributed by atoms with Crippen LogP contribution in [0.25, 0.3) is 0 Å². The number of rotatable bonds is 5. The molecule has 0 saturated carbocycles.